The van der Waals surface area contributed by atoms with Crippen molar-refractivity contribution in [1.82, 2.24) is 23.7 Å². The number of aromatic nitrogens is 5. The largest absolute Gasteiger partial charge is 0.453 e. The van der Waals surface area contributed by atoms with Crippen molar-refractivity contribution in [1.29, 1.82) is 5.26 Å². The maximum absolute atomic E-state index is 13.2. The molecule has 7 nitrogen and oxygen atoms in total. The molecule has 1 aliphatic rings. The number of nitriles is 1. The fourth-order valence-corrected chi connectivity index (χ4v) is 16.9. The maximum Gasteiger partial charge on any atom is 0.163 e. The van der Waals surface area contributed by atoms with Crippen LogP contribution in [0.5, 0.6) is 0 Å². The topological polar surface area (TPSA) is 77.5 Å². The summed E-state index contributed by atoms with van der Waals surface area (Å²) in [5, 5.41) is 21.0. The number of benzene rings is 15. The van der Waals surface area contributed by atoms with Gasteiger partial charge in [0.25, 0.3) is 0 Å². The molecule has 0 bridgehead atoms. The van der Waals surface area contributed by atoms with E-state index in [4.69, 9.17) is 14.4 Å². The Hall–Kier alpha value is -14.5. The summed E-state index contributed by atoms with van der Waals surface area (Å²) in [6.45, 7) is 0. The molecule has 108 heavy (non-hydrogen) atoms. The van der Waals surface area contributed by atoms with E-state index in [0.717, 1.165) is 179 Å². The summed E-state index contributed by atoms with van der Waals surface area (Å²) in [5.41, 5.74) is 27.0. The van der Waals surface area contributed by atoms with E-state index in [-0.39, 0.29) is 0 Å². The Morgan fingerprint density at radius 3 is 1.06 bits per heavy atom. The van der Waals surface area contributed by atoms with E-state index in [1.54, 1.807) is 0 Å². The van der Waals surface area contributed by atoms with Crippen LogP contribution in [0.25, 0.3) is 200 Å². The SMILES string of the molecule is N#Cc1c(-n2c3ccc(C4=CC=CCC4)cc3c3cc(-c4ccccc4)ccc32)c(-n2c3ccc(-c4ccccc4)cc3c3cc(-c4ccccc4)ccc32)c(-n2c3ccc(-c4ccccc4)cc3c3cc(-c4ccccc4)ccc32)c2oc3c(-c4cc(-c5ccccc5)nc(-c5ccccc5)n4)cccc3c12. The molecular weight excluding hydrogens is 1310 g/mol. The number of fused-ring (bicyclic) bond motifs is 12. The molecule has 0 unspecified atom stereocenters. The second-order valence-electron chi connectivity index (χ2n) is 28.1. The number of nitrogens with zero attached hydrogens (tertiary/aromatic N) is 6. The van der Waals surface area contributed by atoms with Crippen LogP contribution in [0.1, 0.15) is 24.0 Å². The van der Waals surface area contributed by atoms with Crippen LogP contribution >= 0.6 is 0 Å². The van der Waals surface area contributed by atoms with Crippen LogP contribution in [-0.4, -0.2) is 23.7 Å². The summed E-state index contributed by atoms with van der Waals surface area (Å²) in [6, 6.07) is 127. The lowest BCUT2D eigenvalue weighted by Gasteiger charge is -2.24. The number of allylic oxidation sites excluding steroid dienone is 4. The van der Waals surface area contributed by atoms with Gasteiger partial charge in [0.05, 0.1) is 66.8 Å². The average Bonchev–Trinajstić information content (AvgIpc) is 1.51. The van der Waals surface area contributed by atoms with Gasteiger partial charge in [0, 0.05) is 54.4 Å². The van der Waals surface area contributed by atoms with Crippen LogP contribution in [0.3, 0.4) is 0 Å². The van der Waals surface area contributed by atoms with Crippen molar-refractivity contribution in [3.63, 3.8) is 0 Å². The Morgan fingerprint density at radius 2 is 0.657 bits per heavy atom. The molecule has 0 saturated heterocycles. The summed E-state index contributed by atoms with van der Waals surface area (Å²) in [4.78, 5) is 10.8. The van der Waals surface area contributed by atoms with E-state index in [2.05, 4.69) is 347 Å². The third-order valence-corrected chi connectivity index (χ3v) is 22.0. The van der Waals surface area contributed by atoms with E-state index in [1.165, 1.54) is 5.57 Å². The number of rotatable bonds is 12. The van der Waals surface area contributed by atoms with Crippen molar-refractivity contribution >= 4 is 92.9 Å². The Morgan fingerprint density at radius 1 is 0.296 bits per heavy atom. The molecule has 0 atom stereocenters. The molecule has 0 spiro atoms. The van der Waals surface area contributed by atoms with Gasteiger partial charge in [0.15, 0.2) is 11.4 Å². The first kappa shape index (κ1) is 62.1. The molecule has 5 heterocycles. The quantitative estimate of drug-likeness (QED) is 0.122. The Bertz CT molecular complexity index is 6870. The fourth-order valence-electron chi connectivity index (χ4n) is 16.9. The molecule has 1 aliphatic carbocycles. The van der Waals surface area contributed by atoms with E-state index in [1.807, 2.05) is 36.4 Å². The molecule has 15 aromatic carbocycles. The smallest absolute Gasteiger partial charge is 0.163 e. The molecule has 0 aliphatic heterocycles. The van der Waals surface area contributed by atoms with Gasteiger partial charge in [-0.05, 0) is 165 Å². The highest BCUT2D eigenvalue weighted by molar-refractivity contribution is 6.22. The van der Waals surface area contributed by atoms with Crippen LogP contribution < -0.4 is 0 Å². The summed E-state index contributed by atoms with van der Waals surface area (Å²) in [6.07, 6.45) is 8.59. The molecule has 0 N–H and O–H groups in total. The zero-order chi connectivity index (χ0) is 71.3. The van der Waals surface area contributed by atoms with Crippen molar-refractivity contribution in [2.24, 2.45) is 0 Å². The monoisotopic (exact) mass is 1380 g/mol. The van der Waals surface area contributed by atoms with Gasteiger partial charge < -0.3 is 18.1 Å². The van der Waals surface area contributed by atoms with Crippen LogP contribution in [0.4, 0.5) is 0 Å². The van der Waals surface area contributed by atoms with Gasteiger partial charge in [0.2, 0.25) is 0 Å². The second kappa shape index (κ2) is 25.5. The molecule has 7 heteroatoms. The fraction of sp³-hybridized carbons (Fsp3) is 0.0198. The highest BCUT2D eigenvalue weighted by Crippen LogP contribution is 2.53. The zero-order valence-corrected chi connectivity index (χ0v) is 58.6. The molecule has 504 valence electrons. The van der Waals surface area contributed by atoms with E-state index < -0.39 is 0 Å². The van der Waals surface area contributed by atoms with Crippen LogP contribution in [-0.2, 0) is 0 Å². The van der Waals surface area contributed by atoms with Gasteiger partial charge in [-0.3, -0.25) is 0 Å². The normalized spacial score (nSPS) is 12.4. The molecule has 0 saturated carbocycles. The highest BCUT2D eigenvalue weighted by atomic mass is 16.3. The molecule has 5 aromatic heterocycles. The predicted octanol–water partition coefficient (Wildman–Crippen LogP) is 26.6. The third-order valence-electron chi connectivity index (χ3n) is 22.0. The van der Waals surface area contributed by atoms with Crippen LogP contribution in [0, 0.1) is 11.3 Å². The van der Waals surface area contributed by atoms with Crippen molar-refractivity contribution in [2.45, 2.75) is 12.8 Å². The number of hydrogen-bond acceptors (Lipinski definition) is 4. The summed E-state index contributed by atoms with van der Waals surface area (Å²) in [7, 11) is 0. The summed E-state index contributed by atoms with van der Waals surface area (Å²) in [5.74, 6) is 0.580. The third kappa shape index (κ3) is 10.2. The summed E-state index contributed by atoms with van der Waals surface area (Å²) >= 11 is 0. The Labute approximate surface area is 623 Å². The zero-order valence-electron chi connectivity index (χ0n) is 58.6. The molecule has 20 aromatic rings. The number of furan rings is 1. The number of hydrogen-bond donors (Lipinski definition) is 0. The maximum atomic E-state index is 13.2. The Balaban J connectivity index is 0.991. The molecule has 21 rings (SSSR count). The lowest BCUT2D eigenvalue weighted by molar-refractivity contribution is 0.666. The van der Waals surface area contributed by atoms with Crippen LogP contribution in [0.15, 0.2) is 368 Å². The summed E-state index contributed by atoms with van der Waals surface area (Å²) < 4.78 is 15.5. The average molecular weight is 1380 g/mol. The predicted molar refractivity (Wildman–Crippen MR) is 447 cm³/mol. The van der Waals surface area contributed by atoms with Crippen LogP contribution in [0.2, 0.25) is 0 Å². The highest BCUT2D eigenvalue weighted by Gasteiger charge is 2.35. The molecule has 0 amide bonds. The minimum absolute atomic E-state index is 0.447. The first-order chi connectivity index (χ1) is 53.5. The minimum atomic E-state index is 0.447. The van der Waals surface area contributed by atoms with Gasteiger partial charge in [-0.2, -0.15) is 5.26 Å². The van der Waals surface area contributed by atoms with Crippen molar-refractivity contribution in [2.75, 3.05) is 0 Å². The molecule has 0 fully saturated rings. The van der Waals surface area contributed by atoms with E-state index in [9.17, 15) is 5.26 Å². The first-order valence-electron chi connectivity index (χ1n) is 36.9. The minimum Gasteiger partial charge on any atom is -0.453 e. The van der Waals surface area contributed by atoms with Crippen molar-refractivity contribution in [3.05, 3.63) is 375 Å². The van der Waals surface area contributed by atoms with Crippen molar-refractivity contribution in [3.8, 4) is 113 Å². The first-order valence-corrected chi connectivity index (χ1v) is 36.9. The van der Waals surface area contributed by atoms with Gasteiger partial charge in [-0.1, -0.05) is 279 Å². The van der Waals surface area contributed by atoms with Crippen molar-refractivity contribution < 1.29 is 4.42 Å². The number of para-hydroxylation sites is 1. The second-order valence-corrected chi connectivity index (χ2v) is 28.1. The van der Waals surface area contributed by atoms with Gasteiger partial charge in [-0.15, -0.1) is 0 Å². The van der Waals surface area contributed by atoms with Gasteiger partial charge in [-0.25, -0.2) is 9.97 Å². The van der Waals surface area contributed by atoms with E-state index in [0.29, 0.717) is 39.3 Å². The van der Waals surface area contributed by atoms with E-state index >= 15 is 0 Å². The van der Waals surface area contributed by atoms with Gasteiger partial charge in [0.1, 0.15) is 17.3 Å². The Kier molecular flexibility index (Phi) is 14.7. The standard InChI is InChI=1S/C101H64N6O/c102-63-86-95-79-43-25-42-78(88-62-87(70-38-21-7-22-39-70)103-101(104-88)71-40-23-8-24-41-71)99(79)108-100(95)98(107-93-54-48-76(68-34-17-5-18-35-68)60-84(93)85-61-77(49-55-94(85)107)69-36-19-6-20-37-69)97(106-91-52-46-74(66-30-13-3-14-31-66)58-82(91)83-59-75(47-53-92(83)106)67-32-15-4-16-33-67)96(86)105-89-50-44-72(64-26-9-1-10-27-64)56-80(89)81-57-73(45-51-90(81)105)65-28-11-2-12-29-65/h1-11,13-28,30-62H,12,29H2. The van der Waals surface area contributed by atoms with Gasteiger partial charge >= 0.3 is 0 Å². The molecular formula is C101H64N6O. The molecule has 0 radical (unpaired) electrons. The lowest BCUT2D eigenvalue weighted by atomic mass is 9.95. The lowest BCUT2D eigenvalue weighted by Crippen LogP contribution is -2.12.